The van der Waals surface area contributed by atoms with Gasteiger partial charge in [0.05, 0.1) is 30.5 Å². The van der Waals surface area contributed by atoms with Gasteiger partial charge in [-0.2, -0.15) is 0 Å². The molecular weight excluding hydrogens is 475 g/mol. The van der Waals surface area contributed by atoms with E-state index in [1.807, 2.05) is 0 Å². The zero-order valence-corrected chi connectivity index (χ0v) is 23.5. The molecule has 0 aromatic carbocycles. The topological polar surface area (TPSA) is 52.6 Å². The molecular formula is C29H41O4PS. The first-order valence-electron chi connectivity index (χ1n) is 13.9. The van der Waals surface area contributed by atoms with Gasteiger partial charge >= 0.3 is 11.9 Å². The third-order valence-corrected chi connectivity index (χ3v) is 15.3. The molecule has 0 aromatic heterocycles. The van der Waals surface area contributed by atoms with Gasteiger partial charge in [0.15, 0.2) is 0 Å². The normalized spacial score (nSPS) is 32.8. The molecule has 192 valence electrons. The van der Waals surface area contributed by atoms with Gasteiger partial charge in [-0.1, -0.05) is 57.3 Å². The molecule has 3 aliphatic heterocycles. The summed E-state index contributed by atoms with van der Waals surface area (Å²) < 4.78 is 11.0. The summed E-state index contributed by atoms with van der Waals surface area (Å²) >= 11 is 6.79. The van der Waals surface area contributed by atoms with Gasteiger partial charge < -0.3 is 9.47 Å². The quantitative estimate of drug-likeness (QED) is 0.282. The Balaban J connectivity index is 1.96. The lowest BCUT2D eigenvalue weighted by molar-refractivity contribution is -0.140. The van der Waals surface area contributed by atoms with Crippen LogP contribution in [0.5, 0.6) is 0 Å². The van der Waals surface area contributed by atoms with Crippen molar-refractivity contribution in [2.24, 2.45) is 10.8 Å². The zero-order valence-electron chi connectivity index (χ0n) is 21.8. The second kappa shape index (κ2) is 9.60. The van der Waals surface area contributed by atoms with Crippen LogP contribution >= 0.6 is 6.04 Å². The van der Waals surface area contributed by atoms with Gasteiger partial charge in [-0.3, -0.25) is 0 Å². The third kappa shape index (κ3) is 3.46. The van der Waals surface area contributed by atoms with Crippen molar-refractivity contribution in [3.05, 3.63) is 32.7 Å². The average molecular weight is 517 g/mol. The van der Waals surface area contributed by atoms with Crippen molar-refractivity contribution >= 4 is 29.8 Å². The summed E-state index contributed by atoms with van der Waals surface area (Å²) in [5.74, 6) is -0.739. The number of hydrogen-bond acceptors (Lipinski definition) is 5. The van der Waals surface area contributed by atoms with Crippen molar-refractivity contribution in [2.45, 2.75) is 110 Å². The van der Waals surface area contributed by atoms with E-state index in [0.29, 0.717) is 10.9 Å². The number of allylic oxidation sites excluding steroid dienone is 4. The molecule has 0 spiro atoms. The largest absolute Gasteiger partial charge is 0.466 e. The fourth-order valence-corrected chi connectivity index (χ4v) is 14.2. The maximum Gasteiger partial charge on any atom is 0.340 e. The molecule has 2 bridgehead atoms. The van der Waals surface area contributed by atoms with Crippen molar-refractivity contribution in [3.8, 4) is 0 Å². The maximum absolute atomic E-state index is 13.9. The first kappa shape index (κ1) is 25.5. The Labute approximate surface area is 216 Å². The predicted octanol–water partition coefficient (Wildman–Crippen LogP) is 7.88. The molecule has 6 rings (SSSR count). The van der Waals surface area contributed by atoms with Crippen LogP contribution in [0.3, 0.4) is 0 Å². The summed E-state index contributed by atoms with van der Waals surface area (Å²) in [5, 5.41) is 3.30. The van der Waals surface area contributed by atoms with Crippen LogP contribution in [0.1, 0.15) is 110 Å². The molecule has 0 aromatic rings. The van der Waals surface area contributed by atoms with Crippen LogP contribution in [0.15, 0.2) is 32.7 Å². The Kier molecular flexibility index (Phi) is 6.98. The van der Waals surface area contributed by atoms with E-state index in [0.717, 1.165) is 64.2 Å². The molecule has 3 heterocycles. The number of hydrogen-bond donors (Lipinski definition) is 0. The second-order valence-electron chi connectivity index (χ2n) is 11.5. The summed E-state index contributed by atoms with van der Waals surface area (Å²) in [6.45, 7) is 2.41. The number of rotatable bonds is 3. The fraction of sp³-hybridized carbons (Fsp3) is 0.724. The van der Waals surface area contributed by atoms with Gasteiger partial charge in [0.2, 0.25) is 0 Å². The third-order valence-electron chi connectivity index (χ3n) is 9.85. The Hall–Kier alpha value is -1.19. The lowest BCUT2D eigenvalue weighted by Crippen LogP contribution is -2.51. The minimum Gasteiger partial charge on any atom is -0.466 e. The number of esters is 2. The molecule has 0 amide bonds. The summed E-state index contributed by atoms with van der Waals surface area (Å²) in [5.41, 5.74) is 2.81. The Morgan fingerprint density at radius 2 is 1.17 bits per heavy atom. The molecule has 3 aliphatic carbocycles. The van der Waals surface area contributed by atoms with Gasteiger partial charge in [0.1, 0.15) is 0 Å². The van der Waals surface area contributed by atoms with Crippen molar-refractivity contribution in [2.75, 3.05) is 14.2 Å². The molecule has 1 fully saturated rings. The smallest absolute Gasteiger partial charge is 0.340 e. The van der Waals surface area contributed by atoms with E-state index in [4.69, 9.17) is 21.3 Å². The lowest BCUT2D eigenvalue weighted by Gasteiger charge is -2.61. The molecule has 6 aliphatic rings. The van der Waals surface area contributed by atoms with E-state index >= 15 is 0 Å². The van der Waals surface area contributed by atoms with E-state index in [1.165, 1.54) is 74.5 Å². The van der Waals surface area contributed by atoms with E-state index in [1.54, 1.807) is 0 Å². The predicted molar refractivity (Wildman–Crippen MR) is 144 cm³/mol. The minimum absolute atomic E-state index is 0.115. The molecule has 0 atom stereocenters. The maximum atomic E-state index is 13.9. The van der Waals surface area contributed by atoms with E-state index in [9.17, 15) is 9.59 Å². The van der Waals surface area contributed by atoms with Crippen LogP contribution in [0.4, 0.5) is 0 Å². The number of carbonyl (C=O) groups excluding carboxylic acids is 2. The van der Waals surface area contributed by atoms with Gasteiger partial charge in [-0.05, 0) is 91.4 Å². The van der Waals surface area contributed by atoms with Gasteiger partial charge in [-0.25, -0.2) is 9.59 Å². The van der Waals surface area contributed by atoms with Crippen molar-refractivity contribution in [3.63, 3.8) is 0 Å². The van der Waals surface area contributed by atoms with E-state index in [2.05, 4.69) is 6.92 Å². The molecule has 1 saturated carbocycles. The number of ether oxygens (including phenoxy) is 2. The van der Waals surface area contributed by atoms with Crippen LogP contribution in [0.2, 0.25) is 0 Å². The number of carbonyl (C=O) groups is 2. The summed E-state index contributed by atoms with van der Waals surface area (Å²) in [7, 11) is 2.91. The van der Waals surface area contributed by atoms with Gasteiger partial charge in [0.25, 0.3) is 0 Å². The monoisotopic (exact) mass is 516 g/mol. The average Bonchev–Trinajstić information content (AvgIpc) is 3.26. The highest BCUT2D eigenvalue weighted by molar-refractivity contribution is 8.21. The first-order valence-corrected chi connectivity index (χ1v) is 16.7. The van der Waals surface area contributed by atoms with Crippen LogP contribution in [-0.4, -0.2) is 26.2 Å². The molecule has 0 unspecified atom stereocenters. The van der Waals surface area contributed by atoms with Crippen LogP contribution in [0, 0.1) is 10.8 Å². The number of methoxy groups -OCH3 is 2. The molecule has 0 radical (unpaired) electrons. The highest BCUT2D eigenvalue weighted by Gasteiger charge is 2.67. The minimum atomic E-state index is -2.61. The summed E-state index contributed by atoms with van der Waals surface area (Å²) in [6.07, 6.45) is 17.8. The zero-order chi connectivity index (χ0) is 24.8. The summed E-state index contributed by atoms with van der Waals surface area (Å²) in [6, 6.07) is -2.61. The van der Waals surface area contributed by atoms with E-state index in [-0.39, 0.29) is 17.4 Å². The van der Waals surface area contributed by atoms with Crippen LogP contribution in [-0.2, 0) is 30.9 Å². The molecule has 0 N–H and O–H groups in total. The van der Waals surface area contributed by atoms with Gasteiger partial charge in [0, 0.05) is 6.04 Å². The fourth-order valence-electron chi connectivity index (χ4n) is 8.48. The highest BCUT2D eigenvalue weighted by atomic mass is 32.4. The highest BCUT2D eigenvalue weighted by Crippen LogP contribution is 2.85. The van der Waals surface area contributed by atoms with Crippen LogP contribution in [0.25, 0.3) is 0 Å². The van der Waals surface area contributed by atoms with Crippen molar-refractivity contribution in [1.82, 2.24) is 0 Å². The molecule has 0 saturated heterocycles. The Morgan fingerprint density at radius 3 is 1.63 bits per heavy atom. The van der Waals surface area contributed by atoms with Crippen LogP contribution < -0.4 is 0 Å². The second-order valence-corrected chi connectivity index (χ2v) is 15.9. The summed E-state index contributed by atoms with van der Waals surface area (Å²) in [4.78, 5) is 27.7. The van der Waals surface area contributed by atoms with Crippen molar-refractivity contribution in [1.29, 1.82) is 0 Å². The standard InChI is InChI=1S/C29H41O4PS/c1-28(18-12-13-19-28)29-20-14-8-4-6-10-16-22(20)34(35,23-17-11-7-5-9-15-21(23)29)25(27(31)33-3)24(29)26(30)32-2/h4-19H2,1-3H3. The Morgan fingerprint density at radius 1 is 0.714 bits per heavy atom. The first-order chi connectivity index (χ1) is 16.9. The lowest BCUT2D eigenvalue weighted by atomic mass is 9.50. The van der Waals surface area contributed by atoms with Gasteiger partial charge in [-0.15, -0.1) is 0 Å². The molecule has 35 heavy (non-hydrogen) atoms. The Bertz CT molecular complexity index is 1030. The SMILES string of the molecule is COC(=O)C1=C(C(=O)OC)P2(=S)C3=C(CCCCCC3)C1(C1(C)CCCC1)C1=C2CCCCCC1. The molecule has 6 heteroatoms. The molecule has 4 nitrogen and oxygen atoms in total. The van der Waals surface area contributed by atoms with Crippen molar-refractivity contribution < 1.29 is 19.1 Å². The van der Waals surface area contributed by atoms with E-state index < -0.39 is 11.5 Å².